The van der Waals surface area contributed by atoms with E-state index in [2.05, 4.69) is 5.32 Å². The maximum atomic E-state index is 12.4. The second-order valence-electron chi connectivity index (χ2n) is 5.55. The molecule has 0 unspecified atom stereocenters. The van der Waals surface area contributed by atoms with Crippen LogP contribution in [-0.2, 0) is 14.4 Å². The Morgan fingerprint density at radius 3 is 2.74 bits per heavy atom. The first-order valence-corrected chi connectivity index (χ1v) is 8.74. The number of methoxy groups -OCH3 is 1. The monoisotopic (exact) mass is 394 g/mol. The molecule has 0 spiro atoms. The number of thioether (sulfide) groups is 1. The van der Waals surface area contributed by atoms with Gasteiger partial charge in [-0.2, -0.15) is 0 Å². The van der Waals surface area contributed by atoms with Crippen molar-refractivity contribution in [2.45, 2.75) is 12.8 Å². The molecule has 1 aromatic rings. The fraction of sp³-hybridized carbons (Fsp3) is 0.294. The van der Waals surface area contributed by atoms with Gasteiger partial charge in [0, 0.05) is 13.0 Å². The number of hydrogen-bond acceptors (Lipinski definition) is 7. The van der Waals surface area contributed by atoms with E-state index in [-0.39, 0.29) is 35.8 Å². The molecule has 0 atom stereocenters. The van der Waals surface area contributed by atoms with Gasteiger partial charge in [0.05, 0.1) is 12.0 Å². The van der Waals surface area contributed by atoms with Crippen LogP contribution in [0.5, 0.6) is 11.5 Å². The molecule has 3 N–H and O–H groups in total. The Hall–Kier alpha value is -3.01. The van der Waals surface area contributed by atoms with Gasteiger partial charge < -0.3 is 20.3 Å². The molecule has 0 aliphatic carbocycles. The topological polar surface area (TPSA) is 133 Å². The van der Waals surface area contributed by atoms with Crippen molar-refractivity contribution in [3.05, 3.63) is 28.7 Å². The van der Waals surface area contributed by atoms with E-state index in [0.29, 0.717) is 17.3 Å². The summed E-state index contributed by atoms with van der Waals surface area (Å²) in [5.41, 5.74) is 0.549. The molecule has 1 heterocycles. The molecule has 27 heavy (non-hydrogen) atoms. The third-order valence-electron chi connectivity index (χ3n) is 3.57. The summed E-state index contributed by atoms with van der Waals surface area (Å²) in [6.45, 7) is -0.293. The minimum atomic E-state index is -0.966. The number of phenolic OH excluding ortho intramolecular Hbond substituents is 1. The van der Waals surface area contributed by atoms with Crippen molar-refractivity contribution >= 4 is 40.9 Å². The van der Waals surface area contributed by atoms with Crippen molar-refractivity contribution in [3.8, 4) is 11.5 Å². The number of aliphatic carboxylic acids is 1. The molecular weight excluding hydrogens is 376 g/mol. The molecule has 10 heteroatoms. The lowest BCUT2D eigenvalue weighted by molar-refractivity contribution is -0.137. The lowest BCUT2D eigenvalue weighted by Gasteiger charge is -2.12. The Morgan fingerprint density at radius 2 is 2.07 bits per heavy atom. The van der Waals surface area contributed by atoms with Gasteiger partial charge in [-0.25, -0.2) is 0 Å². The van der Waals surface area contributed by atoms with Crippen molar-refractivity contribution < 1.29 is 34.1 Å². The van der Waals surface area contributed by atoms with E-state index in [1.54, 1.807) is 6.07 Å². The summed E-state index contributed by atoms with van der Waals surface area (Å²) in [5, 5.41) is 20.0. The number of imide groups is 1. The predicted molar refractivity (Wildman–Crippen MR) is 97.2 cm³/mol. The number of aromatic hydroxyl groups is 1. The van der Waals surface area contributed by atoms with E-state index in [0.717, 1.165) is 4.90 Å². The van der Waals surface area contributed by atoms with Gasteiger partial charge in [-0.3, -0.25) is 24.1 Å². The molecule has 9 nitrogen and oxygen atoms in total. The van der Waals surface area contributed by atoms with Crippen LogP contribution in [-0.4, -0.2) is 58.3 Å². The summed E-state index contributed by atoms with van der Waals surface area (Å²) in [6.07, 6.45) is 1.64. The zero-order valence-electron chi connectivity index (χ0n) is 14.4. The van der Waals surface area contributed by atoms with Crippen LogP contribution in [0.1, 0.15) is 18.4 Å². The summed E-state index contributed by atoms with van der Waals surface area (Å²) in [7, 11) is 1.39. The Balaban J connectivity index is 1.99. The van der Waals surface area contributed by atoms with E-state index >= 15 is 0 Å². The number of carboxylic acids is 1. The smallest absolute Gasteiger partial charge is 0.303 e. The first kappa shape index (κ1) is 20.3. The van der Waals surface area contributed by atoms with Crippen LogP contribution in [0.4, 0.5) is 4.79 Å². The number of benzene rings is 1. The molecule has 0 bridgehead atoms. The molecule has 3 amide bonds. The SMILES string of the molecule is COc1cc(/C=C2\SC(=O)N(CC(=O)NCCCC(=O)O)C2=O)ccc1O. The van der Waals surface area contributed by atoms with Crippen LogP contribution >= 0.6 is 11.8 Å². The van der Waals surface area contributed by atoms with Crippen LogP contribution in [0, 0.1) is 0 Å². The third kappa shape index (κ3) is 5.48. The highest BCUT2D eigenvalue weighted by Crippen LogP contribution is 2.33. The predicted octanol–water partition coefficient (Wildman–Crippen LogP) is 1.42. The normalized spacial score (nSPS) is 15.3. The fourth-order valence-electron chi connectivity index (χ4n) is 2.24. The molecule has 0 aromatic heterocycles. The van der Waals surface area contributed by atoms with Crippen LogP contribution < -0.4 is 10.1 Å². The van der Waals surface area contributed by atoms with Crippen molar-refractivity contribution in [1.82, 2.24) is 10.2 Å². The Labute approximate surface area is 159 Å². The van der Waals surface area contributed by atoms with Crippen LogP contribution in [0.3, 0.4) is 0 Å². The number of amides is 3. The van der Waals surface area contributed by atoms with Gasteiger partial charge in [-0.05, 0) is 42.0 Å². The average molecular weight is 394 g/mol. The highest BCUT2D eigenvalue weighted by molar-refractivity contribution is 8.18. The first-order valence-electron chi connectivity index (χ1n) is 7.92. The van der Waals surface area contributed by atoms with Gasteiger partial charge in [0.25, 0.3) is 11.1 Å². The molecule has 1 aliphatic rings. The molecule has 2 rings (SSSR count). The largest absolute Gasteiger partial charge is 0.504 e. The lowest BCUT2D eigenvalue weighted by atomic mass is 10.2. The molecule has 1 aromatic carbocycles. The maximum Gasteiger partial charge on any atom is 0.303 e. The molecule has 1 saturated heterocycles. The van der Waals surface area contributed by atoms with Gasteiger partial charge in [0.2, 0.25) is 5.91 Å². The maximum absolute atomic E-state index is 12.4. The zero-order chi connectivity index (χ0) is 20.0. The number of carbonyl (C=O) groups excluding carboxylic acids is 3. The Kier molecular flexibility index (Phi) is 6.83. The number of hydrogen-bond donors (Lipinski definition) is 3. The molecule has 0 radical (unpaired) electrons. The zero-order valence-corrected chi connectivity index (χ0v) is 15.2. The highest BCUT2D eigenvalue weighted by Gasteiger charge is 2.36. The number of carboxylic acid groups (broad SMARTS) is 1. The summed E-state index contributed by atoms with van der Waals surface area (Å²) in [5.74, 6) is -1.94. The molecule has 0 saturated carbocycles. The summed E-state index contributed by atoms with van der Waals surface area (Å²) in [4.78, 5) is 47.6. The summed E-state index contributed by atoms with van der Waals surface area (Å²) < 4.78 is 5.00. The van der Waals surface area contributed by atoms with E-state index in [1.165, 1.54) is 25.3 Å². The van der Waals surface area contributed by atoms with Crippen LogP contribution in [0.15, 0.2) is 23.1 Å². The van der Waals surface area contributed by atoms with Crippen LogP contribution in [0.25, 0.3) is 6.08 Å². The highest BCUT2D eigenvalue weighted by atomic mass is 32.2. The lowest BCUT2D eigenvalue weighted by Crippen LogP contribution is -2.39. The average Bonchev–Trinajstić information content (AvgIpc) is 2.87. The van der Waals surface area contributed by atoms with Crippen molar-refractivity contribution in [2.75, 3.05) is 20.2 Å². The van der Waals surface area contributed by atoms with Gasteiger partial charge in [0.1, 0.15) is 6.54 Å². The molecular formula is C17H18N2O7S. The first-order chi connectivity index (χ1) is 12.8. The Morgan fingerprint density at radius 1 is 1.33 bits per heavy atom. The van der Waals surface area contributed by atoms with E-state index in [4.69, 9.17) is 9.84 Å². The number of rotatable bonds is 8. The minimum Gasteiger partial charge on any atom is -0.504 e. The van der Waals surface area contributed by atoms with Gasteiger partial charge >= 0.3 is 5.97 Å². The second kappa shape index (κ2) is 9.08. The van der Waals surface area contributed by atoms with Gasteiger partial charge in [-0.15, -0.1) is 0 Å². The summed E-state index contributed by atoms with van der Waals surface area (Å²) >= 11 is 0.706. The summed E-state index contributed by atoms with van der Waals surface area (Å²) in [6, 6.07) is 4.47. The van der Waals surface area contributed by atoms with E-state index in [1.807, 2.05) is 0 Å². The number of phenols is 1. The van der Waals surface area contributed by atoms with E-state index in [9.17, 15) is 24.3 Å². The second-order valence-corrected chi connectivity index (χ2v) is 6.54. The number of nitrogens with one attached hydrogen (secondary N) is 1. The van der Waals surface area contributed by atoms with E-state index < -0.39 is 29.6 Å². The van der Waals surface area contributed by atoms with Crippen LogP contribution in [0.2, 0.25) is 0 Å². The quantitative estimate of drug-likeness (QED) is 0.445. The van der Waals surface area contributed by atoms with Crippen molar-refractivity contribution in [1.29, 1.82) is 0 Å². The molecule has 144 valence electrons. The van der Waals surface area contributed by atoms with Crippen molar-refractivity contribution in [3.63, 3.8) is 0 Å². The van der Waals surface area contributed by atoms with Crippen molar-refractivity contribution in [2.24, 2.45) is 0 Å². The minimum absolute atomic E-state index is 0.0534. The van der Waals surface area contributed by atoms with Gasteiger partial charge in [0.15, 0.2) is 11.5 Å². The number of nitrogens with zero attached hydrogens (tertiary/aromatic N) is 1. The van der Waals surface area contributed by atoms with Gasteiger partial charge in [-0.1, -0.05) is 6.07 Å². The molecule has 1 aliphatic heterocycles. The Bertz CT molecular complexity index is 806. The standard InChI is InChI=1S/C17H18N2O7S/c1-26-12-7-10(4-5-11(12)20)8-13-16(24)19(17(25)27-13)9-14(21)18-6-2-3-15(22)23/h4-5,7-8,20H,2-3,6,9H2,1H3,(H,18,21)(H,22,23)/b13-8-. The molecule has 1 fully saturated rings. The number of ether oxygens (including phenoxy) is 1. The number of carbonyl (C=O) groups is 4. The third-order valence-corrected chi connectivity index (χ3v) is 4.47. The fourth-order valence-corrected chi connectivity index (χ4v) is 3.08.